The summed E-state index contributed by atoms with van der Waals surface area (Å²) < 4.78 is 0. The van der Waals surface area contributed by atoms with Gasteiger partial charge >= 0.3 is 0 Å². The van der Waals surface area contributed by atoms with Gasteiger partial charge in [0.05, 0.1) is 16.7 Å². The van der Waals surface area contributed by atoms with Gasteiger partial charge in [0.2, 0.25) is 0 Å². The van der Waals surface area contributed by atoms with Gasteiger partial charge in [0.1, 0.15) is 0 Å². The first kappa shape index (κ1) is 25.9. The van der Waals surface area contributed by atoms with Crippen molar-refractivity contribution in [3.05, 3.63) is 157 Å². The van der Waals surface area contributed by atoms with E-state index in [9.17, 15) is 0 Å². The van der Waals surface area contributed by atoms with E-state index in [-0.39, 0.29) is 0 Å². The molecule has 0 aliphatic carbocycles. The van der Waals surface area contributed by atoms with Crippen LogP contribution in [0.15, 0.2) is 146 Å². The molecule has 6 aromatic carbocycles. The topological polar surface area (TPSA) is 32.3 Å². The standard InChI is InChI=1S/C40H30N4/c1-27-13-17-33(18-14-27)43(31-9-5-3-6-10-31)35-21-29-25-41-37-23-36(24-38-40(37)39(29)30(22-35)26-42-38)44(32-11-7-4-8-12-32)34-19-15-28(2)16-20-34/h3-26H,1-2H3. The molecule has 0 spiro atoms. The fourth-order valence-electron chi connectivity index (χ4n) is 6.19. The van der Waals surface area contributed by atoms with E-state index in [1.54, 1.807) is 0 Å². The van der Waals surface area contributed by atoms with E-state index in [1.807, 2.05) is 18.5 Å². The molecule has 8 aromatic rings. The van der Waals surface area contributed by atoms with Gasteiger partial charge in [-0.3, -0.25) is 9.97 Å². The van der Waals surface area contributed by atoms with Crippen LogP contribution >= 0.6 is 0 Å². The largest absolute Gasteiger partial charge is 0.310 e. The smallest absolute Gasteiger partial charge is 0.0751 e. The minimum absolute atomic E-state index is 0.933. The molecule has 0 aliphatic heterocycles. The summed E-state index contributed by atoms with van der Waals surface area (Å²) in [5, 5.41) is 4.47. The molecular weight excluding hydrogens is 536 g/mol. The Kier molecular flexibility index (Phi) is 6.20. The molecule has 0 fully saturated rings. The van der Waals surface area contributed by atoms with Gasteiger partial charge in [-0.2, -0.15) is 0 Å². The number of hydrogen-bond donors (Lipinski definition) is 0. The van der Waals surface area contributed by atoms with Crippen molar-refractivity contribution in [1.29, 1.82) is 0 Å². The normalized spacial score (nSPS) is 11.4. The molecule has 0 radical (unpaired) electrons. The number of benzene rings is 6. The van der Waals surface area contributed by atoms with Crippen LogP contribution in [0.3, 0.4) is 0 Å². The van der Waals surface area contributed by atoms with Crippen molar-refractivity contribution in [2.45, 2.75) is 13.8 Å². The first-order valence-electron chi connectivity index (χ1n) is 14.9. The van der Waals surface area contributed by atoms with Crippen molar-refractivity contribution >= 4 is 66.7 Å². The molecular formula is C40H30N4. The highest BCUT2D eigenvalue weighted by Crippen LogP contribution is 2.43. The number of para-hydroxylation sites is 2. The van der Waals surface area contributed by atoms with Crippen molar-refractivity contribution in [1.82, 2.24) is 9.97 Å². The van der Waals surface area contributed by atoms with Crippen LogP contribution in [0, 0.1) is 13.8 Å². The van der Waals surface area contributed by atoms with Crippen molar-refractivity contribution in [2.75, 3.05) is 9.80 Å². The SMILES string of the molecule is Cc1ccc(N(c2ccccc2)c2cc3cnc4cc(N(c5ccccc5)c5ccc(C)cc5)cc5ncc(c2)c3c45)cc1. The Labute approximate surface area is 256 Å². The lowest BCUT2D eigenvalue weighted by Gasteiger charge is -2.27. The monoisotopic (exact) mass is 566 g/mol. The molecule has 8 rings (SSSR count). The molecule has 0 unspecified atom stereocenters. The lowest BCUT2D eigenvalue weighted by Crippen LogP contribution is -2.11. The van der Waals surface area contributed by atoms with E-state index in [4.69, 9.17) is 9.97 Å². The van der Waals surface area contributed by atoms with Crippen molar-refractivity contribution < 1.29 is 0 Å². The number of nitrogens with zero attached hydrogens (tertiary/aromatic N) is 4. The zero-order valence-corrected chi connectivity index (χ0v) is 24.6. The second-order valence-electron chi connectivity index (χ2n) is 11.4. The third kappa shape index (κ3) is 4.48. The van der Waals surface area contributed by atoms with Crippen LogP contribution in [0.2, 0.25) is 0 Å². The zero-order valence-electron chi connectivity index (χ0n) is 24.6. The van der Waals surface area contributed by atoms with Crippen molar-refractivity contribution in [2.24, 2.45) is 0 Å². The van der Waals surface area contributed by atoms with Gasteiger partial charge in [-0.25, -0.2) is 0 Å². The highest BCUT2D eigenvalue weighted by Gasteiger charge is 2.19. The average Bonchev–Trinajstić information content (AvgIpc) is 3.06. The van der Waals surface area contributed by atoms with Crippen LogP contribution in [-0.2, 0) is 0 Å². The third-order valence-electron chi connectivity index (χ3n) is 8.33. The Hall–Kier alpha value is -5.74. The fourth-order valence-corrected chi connectivity index (χ4v) is 6.19. The van der Waals surface area contributed by atoms with Crippen LogP contribution in [0.25, 0.3) is 32.6 Å². The molecule has 0 saturated carbocycles. The van der Waals surface area contributed by atoms with Gasteiger partial charge < -0.3 is 9.80 Å². The molecule has 0 N–H and O–H groups in total. The predicted octanol–water partition coefficient (Wildman–Crippen LogP) is 10.9. The second-order valence-corrected chi connectivity index (χ2v) is 11.4. The van der Waals surface area contributed by atoms with E-state index in [0.29, 0.717) is 0 Å². The number of pyridine rings is 2. The minimum Gasteiger partial charge on any atom is -0.310 e. The summed E-state index contributed by atoms with van der Waals surface area (Å²) in [6.07, 6.45) is 4.02. The quantitative estimate of drug-likeness (QED) is 0.187. The molecule has 0 saturated heterocycles. The van der Waals surface area contributed by atoms with E-state index in [2.05, 4.69) is 151 Å². The van der Waals surface area contributed by atoms with Gasteiger partial charge in [-0.15, -0.1) is 0 Å². The van der Waals surface area contributed by atoms with Crippen LogP contribution in [-0.4, -0.2) is 9.97 Å². The Morgan fingerprint density at radius 2 is 0.773 bits per heavy atom. The van der Waals surface area contributed by atoms with E-state index < -0.39 is 0 Å². The van der Waals surface area contributed by atoms with Gasteiger partial charge in [-0.05, 0) is 86.6 Å². The van der Waals surface area contributed by atoms with Gasteiger partial charge in [0.15, 0.2) is 0 Å². The summed E-state index contributed by atoms with van der Waals surface area (Å²) in [5.74, 6) is 0. The Morgan fingerprint density at radius 1 is 0.386 bits per heavy atom. The molecule has 44 heavy (non-hydrogen) atoms. The molecule has 210 valence electrons. The van der Waals surface area contributed by atoms with Gasteiger partial charge in [0, 0.05) is 62.4 Å². The second kappa shape index (κ2) is 10.5. The Bertz CT molecular complexity index is 2000. The maximum atomic E-state index is 5.03. The summed E-state index contributed by atoms with van der Waals surface area (Å²) in [7, 11) is 0. The molecule has 0 aliphatic rings. The van der Waals surface area contributed by atoms with Crippen LogP contribution < -0.4 is 9.80 Å². The van der Waals surface area contributed by atoms with Crippen molar-refractivity contribution in [3.63, 3.8) is 0 Å². The molecule has 0 amide bonds. The highest BCUT2D eigenvalue weighted by atomic mass is 15.1. The molecule has 2 heterocycles. The summed E-state index contributed by atoms with van der Waals surface area (Å²) in [5.41, 5.74) is 10.8. The number of aryl methyl sites for hydroxylation is 2. The summed E-state index contributed by atoms with van der Waals surface area (Å²) >= 11 is 0. The Morgan fingerprint density at radius 3 is 1.20 bits per heavy atom. The third-order valence-corrected chi connectivity index (χ3v) is 8.33. The number of rotatable bonds is 6. The number of anilines is 6. The average molecular weight is 567 g/mol. The number of aromatic nitrogens is 2. The van der Waals surface area contributed by atoms with Crippen LogP contribution in [0.4, 0.5) is 34.1 Å². The first-order valence-corrected chi connectivity index (χ1v) is 14.9. The number of hydrogen-bond acceptors (Lipinski definition) is 4. The molecule has 0 atom stereocenters. The van der Waals surface area contributed by atoms with Crippen molar-refractivity contribution in [3.8, 4) is 0 Å². The van der Waals surface area contributed by atoms with E-state index >= 15 is 0 Å². The lowest BCUT2D eigenvalue weighted by atomic mass is 9.99. The van der Waals surface area contributed by atoms with Crippen LogP contribution in [0.1, 0.15) is 11.1 Å². The van der Waals surface area contributed by atoms with Gasteiger partial charge in [0.25, 0.3) is 0 Å². The predicted molar refractivity (Wildman–Crippen MR) is 185 cm³/mol. The molecule has 4 nitrogen and oxygen atoms in total. The highest BCUT2D eigenvalue weighted by molar-refractivity contribution is 6.22. The van der Waals surface area contributed by atoms with E-state index in [0.717, 1.165) is 61.3 Å². The molecule has 4 heteroatoms. The zero-order chi connectivity index (χ0) is 29.6. The van der Waals surface area contributed by atoms with E-state index in [1.165, 1.54) is 16.5 Å². The maximum absolute atomic E-state index is 5.03. The maximum Gasteiger partial charge on any atom is 0.0751 e. The molecule has 0 bridgehead atoms. The summed E-state index contributed by atoms with van der Waals surface area (Å²) in [4.78, 5) is 14.6. The summed E-state index contributed by atoms with van der Waals surface area (Å²) in [6, 6.07) is 47.2. The first-order chi connectivity index (χ1) is 21.6. The van der Waals surface area contributed by atoms with Gasteiger partial charge in [-0.1, -0.05) is 71.8 Å². The minimum atomic E-state index is 0.933. The fraction of sp³-hybridized carbons (Fsp3) is 0.0500. The Balaban J connectivity index is 1.31. The lowest BCUT2D eigenvalue weighted by molar-refractivity contribution is 1.27. The van der Waals surface area contributed by atoms with Crippen LogP contribution in [0.5, 0.6) is 0 Å². The molecule has 2 aromatic heterocycles. The summed E-state index contributed by atoms with van der Waals surface area (Å²) in [6.45, 7) is 4.23.